The van der Waals surface area contributed by atoms with Crippen LogP contribution in [0.5, 0.6) is 0 Å². The van der Waals surface area contributed by atoms with Crippen LogP contribution in [-0.2, 0) is 44.7 Å². The number of amides is 1. The molecular formula is C37H44N2O9. The van der Waals surface area contributed by atoms with Crippen molar-refractivity contribution in [1.82, 2.24) is 10.3 Å². The lowest BCUT2D eigenvalue weighted by Crippen LogP contribution is -2.61. The summed E-state index contributed by atoms with van der Waals surface area (Å²) in [6.07, 6.45) is 6.38. The Kier molecular flexibility index (Phi) is 8.95. The number of aromatic amines is 1. The van der Waals surface area contributed by atoms with E-state index in [0.29, 0.717) is 19.3 Å². The molecule has 3 saturated carbocycles. The molecule has 3 fully saturated rings. The molecule has 7 atom stereocenters. The van der Waals surface area contributed by atoms with Crippen LogP contribution in [0.1, 0.15) is 77.2 Å². The van der Waals surface area contributed by atoms with Crippen LogP contribution in [0.25, 0.3) is 10.9 Å². The van der Waals surface area contributed by atoms with E-state index >= 15 is 0 Å². The van der Waals surface area contributed by atoms with E-state index in [-0.39, 0.29) is 66.8 Å². The minimum atomic E-state index is -1.83. The number of rotatable bonds is 10. The number of para-hydroxylation sites is 1. The van der Waals surface area contributed by atoms with Gasteiger partial charge in [-0.2, -0.15) is 0 Å². The van der Waals surface area contributed by atoms with Crippen molar-refractivity contribution in [3.8, 4) is 0 Å². The highest BCUT2D eigenvalue weighted by Gasteiger charge is 2.68. The second-order valence-electron chi connectivity index (χ2n) is 14.6. The van der Waals surface area contributed by atoms with Gasteiger partial charge in [0.05, 0.1) is 13.5 Å². The van der Waals surface area contributed by atoms with E-state index in [0.717, 1.165) is 34.9 Å². The average Bonchev–Trinajstić information content (AvgIpc) is 3.59. The standard InChI is InChI=1S/C37H44N2O9/c1-35-14-12-23(40)17-22(35)8-9-25-26-13-15-37(46,36(26,2)18-29(41)33(25)35)30(42)20-48-32(44)11-10-31(43)39-28(34(45)47-3)16-21-19-38-27-7-5-4-6-24(21)27/h4-7,17,19,25-26,28,33,38,46H,8-16,18,20H2,1-3H3,(H,39,43)/t25-,26+,28-,33-,35-,36-,37-/m0/s1. The predicted octanol–water partition coefficient (Wildman–Crippen LogP) is 3.70. The first kappa shape index (κ1) is 33.8. The molecule has 0 bridgehead atoms. The van der Waals surface area contributed by atoms with Crippen molar-refractivity contribution in [2.24, 2.45) is 28.6 Å². The lowest BCUT2D eigenvalue weighted by Gasteiger charge is -2.57. The first-order valence-electron chi connectivity index (χ1n) is 16.9. The zero-order valence-electron chi connectivity index (χ0n) is 27.8. The number of Topliss-reactive ketones (excluding diaryl/α,β-unsaturated/α-hetero) is 2. The summed E-state index contributed by atoms with van der Waals surface area (Å²) in [7, 11) is 1.23. The summed E-state index contributed by atoms with van der Waals surface area (Å²) in [5.74, 6) is -2.80. The molecule has 256 valence electrons. The van der Waals surface area contributed by atoms with E-state index in [1.807, 2.05) is 31.2 Å². The fourth-order valence-electron chi connectivity index (χ4n) is 9.52. The molecule has 0 aliphatic heterocycles. The molecule has 48 heavy (non-hydrogen) atoms. The molecule has 0 radical (unpaired) electrons. The number of hydrogen-bond donors (Lipinski definition) is 3. The average molecular weight is 661 g/mol. The normalized spacial score (nSPS) is 31.6. The van der Waals surface area contributed by atoms with Crippen LogP contribution in [-0.4, -0.2) is 70.6 Å². The van der Waals surface area contributed by atoms with Crippen molar-refractivity contribution in [2.45, 2.75) is 89.7 Å². The van der Waals surface area contributed by atoms with E-state index in [2.05, 4.69) is 17.2 Å². The van der Waals surface area contributed by atoms with Crippen molar-refractivity contribution in [1.29, 1.82) is 0 Å². The van der Waals surface area contributed by atoms with E-state index in [1.54, 1.807) is 12.3 Å². The molecule has 1 amide bonds. The maximum Gasteiger partial charge on any atom is 0.328 e. The van der Waals surface area contributed by atoms with E-state index < -0.39 is 47.3 Å². The molecule has 3 N–H and O–H groups in total. The summed E-state index contributed by atoms with van der Waals surface area (Å²) < 4.78 is 10.1. The summed E-state index contributed by atoms with van der Waals surface area (Å²) in [6, 6.07) is 6.60. The lowest BCUT2D eigenvalue weighted by molar-refractivity contribution is -0.173. The molecule has 11 nitrogen and oxygen atoms in total. The van der Waals surface area contributed by atoms with Gasteiger partial charge in [0, 0.05) is 54.1 Å². The van der Waals surface area contributed by atoms with Gasteiger partial charge in [0.1, 0.15) is 17.4 Å². The molecule has 4 aliphatic rings. The third kappa shape index (κ3) is 5.69. The maximum absolute atomic E-state index is 13.8. The molecule has 1 aromatic heterocycles. The zero-order valence-corrected chi connectivity index (χ0v) is 27.8. The van der Waals surface area contributed by atoms with Gasteiger partial charge >= 0.3 is 11.9 Å². The Morgan fingerprint density at radius 1 is 1.06 bits per heavy atom. The number of aromatic nitrogens is 1. The number of ether oxygens (including phenoxy) is 2. The molecule has 4 aliphatic carbocycles. The topological polar surface area (TPSA) is 169 Å². The first-order chi connectivity index (χ1) is 22.8. The van der Waals surface area contributed by atoms with Gasteiger partial charge in [-0.15, -0.1) is 0 Å². The third-order valence-corrected chi connectivity index (χ3v) is 12.1. The summed E-state index contributed by atoms with van der Waals surface area (Å²) >= 11 is 0. The van der Waals surface area contributed by atoms with E-state index in [9.17, 15) is 33.9 Å². The number of carbonyl (C=O) groups excluding carboxylic acids is 6. The largest absolute Gasteiger partial charge is 0.467 e. The number of esters is 2. The van der Waals surface area contributed by atoms with Gasteiger partial charge in [-0.05, 0) is 67.1 Å². The van der Waals surface area contributed by atoms with Crippen LogP contribution in [0.3, 0.4) is 0 Å². The molecule has 1 heterocycles. The van der Waals surface area contributed by atoms with Gasteiger partial charge in [0.25, 0.3) is 0 Å². The Morgan fingerprint density at radius 3 is 2.60 bits per heavy atom. The number of H-pyrrole nitrogens is 1. The molecule has 0 unspecified atom stereocenters. The van der Waals surface area contributed by atoms with Gasteiger partial charge < -0.3 is 24.9 Å². The molecule has 6 rings (SSSR count). The second kappa shape index (κ2) is 12.7. The van der Waals surface area contributed by atoms with Crippen molar-refractivity contribution in [3.63, 3.8) is 0 Å². The molecule has 0 saturated heterocycles. The Hall–Kier alpha value is -4.12. The Labute approximate surface area is 279 Å². The van der Waals surface area contributed by atoms with Crippen LogP contribution in [0.15, 0.2) is 42.1 Å². The number of benzene rings is 1. The van der Waals surface area contributed by atoms with Gasteiger partial charge in [-0.25, -0.2) is 4.79 Å². The number of allylic oxidation sites excluding steroid dienone is 1. The van der Waals surface area contributed by atoms with Crippen molar-refractivity contribution >= 4 is 46.1 Å². The lowest BCUT2D eigenvalue weighted by atomic mass is 9.46. The minimum Gasteiger partial charge on any atom is -0.467 e. The first-order valence-corrected chi connectivity index (χ1v) is 16.9. The fraction of sp³-hybridized carbons (Fsp3) is 0.568. The number of carbonyl (C=O) groups is 6. The molecular weight excluding hydrogens is 616 g/mol. The fourth-order valence-corrected chi connectivity index (χ4v) is 9.52. The Morgan fingerprint density at radius 2 is 1.83 bits per heavy atom. The third-order valence-electron chi connectivity index (χ3n) is 12.1. The zero-order chi connectivity index (χ0) is 34.4. The number of hydrogen-bond acceptors (Lipinski definition) is 9. The highest BCUT2D eigenvalue weighted by atomic mass is 16.5. The van der Waals surface area contributed by atoms with Crippen LogP contribution in [0.4, 0.5) is 0 Å². The van der Waals surface area contributed by atoms with Gasteiger partial charge in [0.15, 0.2) is 12.4 Å². The molecule has 11 heteroatoms. The van der Waals surface area contributed by atoms with E-state index in [1.165, 1.54) is 7.11 Å². The SMILES string of the molecule is COC(=O)[C@H](Cc1c[nH]c2ccccc12)NC(=O)CCC(=O)OCC(=O)[C@@]1(O)CC[C@@H]2[C@@H]3CCC4=CC(=O)CC[C@]4(C)[C@@H]3C(=O)C[C@@]21C. The molecule has 1 aromatic carbocycles. The van der Waals surface area contributed by atoms with Crippen LogP contribution in [0.2, 0.25) is 0 Å². The van der Waals surface area contributed by atoms with Crippen LogP contribution >= 0.6 is 0 Å². The van der Waals surface area contributed by atoms with Gasteiger partial charge in [-0.1, -0.05) is 37.6 Å². The second-order valence-corrected chi connectivity index (χ2v) is 14.6. The summed E-state index contributed by atoms with van der Waals surface area (Å²) in [5.41, 5.74) is -0.439. The number of fused-ring (bicyclic) bond motifs is 6. The highest BCUT2D eigenvalue weighted by Crippen LogP contribution is 2.66. The smallest absolute Gasteiger partial charge is 0.328 e. The highest BCUT2D eigenvalue weighted by molar-refractivity contribution is 5.95. The number of nitrogens with one attached hydrogen (secondary N) is 2. The Bertz CT molecular complexity index is 1710. The number of aliphatic hydroxyl groups is 1. The summed E-state index contributed by atoms with van der Waals surface area (Å²) in [5, 5.41) is 15.4. The van der Waals surface area contributed by atoms with Gasteiger partial charge in [0.2, 0.25) is 11.7 Å². The van der Waals surface area contributed by atoms with Gasteiger partial charge in [-0.3, -0.25) is 24.0 Å². The van der Waals surface area contributed by atoms with Crippen molar-refractivity contribution < 1.29 is 43.3 Å². The molecule has 0 spiro atoms. The van der Waals surface area contributed by atoms with E-state index in [4.69, 9.17) is 9.47 Å². The predicted molar refractivity (Wildman–Crippen MR) is 173 cm³/mol. The number of ketones is 3. The minimum absolute atomic E-state index is 0.000674. The summed E-state index contributed by atoms with van der Waals surface area (Å²) in [4.78, 5) is 80.5. The summed E-state index contributed by atoms with van der Waals surface area (Å²) in [6.45, 7) is 3.24. The quantitative estimate of drug-likeness (QED) is 0.322. The number of methoxy groups -OCH3 is 1. The molecule has 2 aromatic rings. The van der Waals surface area contributed by atoms with Crippen molar-refractivity contribution in [3.05, 3.63) is 47.7 Å². The van der Waals surface area contributed by atoms with Crippen LogP contribution in [0, 0.1) is 28.6 Å². The Balaban J connectivity index is 1.04. The van der Waals surface area contributed by atoms with Crippen LogP contribution < -0.4 is 5.32 Å². The maximum atomic E-state index is 13.8. The van der Waals surface area contributed by atoms with Crippen molar-refractivity contribution in [2.75, 3.05) is 13.7 Å². The monoisotopic (exact) mass is 660 g/mol.